The number of rotatable bonds is 3. The summed E-state index contributed by atoms with van der Waals surface area (Å²) in [6, 6.07) is 17.2. The Morgan fingerprint density at radius 2 is 1.71 bits per heavy atom. The van der Waals surface area contributed by atoms with Crippen molar-refractivity contribution in [3.63, 3.8) is 0 Å². The summed E-state index contributed by atoms with van der Waals surface area (Å²) in [6.45, 7) is 4.73. The Hall–Kier alpha value is -3.25. The van der Waals surface area contributed by atoms with Crippen molar-refractivity contribution < 1.29 is 5.11 Å². The van der Waals surface area contributed by atoms with Crippen molar-refractivity contribution in [2.45, 2.75) is 6.54 Å². The molecule has 4 aromatic rings. The summed E-state index contributed by atoms with van der Waals surface area (Å²) in [5.74, 6) is 0.300. The molecule has 0 saturated carbocycles. The molecule has 5 rings (SSSR count). The highest BCUT2D eigenvalue weighted by Gasteiger charge is 2.18. The van der Waals surface area contributed by atoms with E-state index in [4.69, 9.17) is 0 Å². The predicted octanol–water partition coefficient (Wildman–Crippen LogP) is 2.81. The minimum Gasteiger partial charge on any atom is -0.508 e. The summed E-state index contributed by atoms with van der Waals surface area (Å²) >= 11 is 0. The van der Waals surface area contributed by atoms with Crippen LogP contribution in [-0.4, -0.2) is 45.6 Å². The van der Waals surface area contributed by atoms with E-state index < -0.39 is 0 Å². The first-order chi connectivity index (χ1) is 13.7. The van der Waals surface area contributed by atoms with Crippen molar-refractivity contribution in [2.24, 2.45) is 0 Å². The van der Waals surface area contributed by atoms with E-state index in [-0.39, 0.29) is 5.56 Å². The fourth-order valence-electron chi connectivity index (χ4n) is 4.05. The smallest absolute Gasteiger partial charge is 0.258 e. The van der Waals surface area contributed by atoms with Gasteiger partial charge in [0.1, 0.15) is 11.4 Å². The number of phenolic OH excluding ortho intramolecular Hbond substituents is 1. The Balaban J connectivity index is 1.33. The zero-order chi connectivity index (χ0) is 19.1. The highest BCUT2D eigenvalue weighted by molar-refractivity contribution is 5.80. The summed E-state index contributed by atoms with van der Waals surface area (Å²) in [7, 11) is 0. The van der Waals surface area contributed by atoms with Crippen molar-refractivity contribution in [1.29, 1.82) is 0 Å². The predicted molar refractivity (Wildman–Crippen MR) is 111 cm³/mol. The second kappa shape index (κ2) is 6.73. The number of aromatic amines is 1. The number of aromatic nitrogens is 2. The lowest BCUT2D eigenvalue weighted by atomic mass is 10.2. The first-order valence-corrected chi connectivity index (χ1v) is 9.56. The van der Waals surface area contributed by atoms with E-state index in [2.05, 4.69) is 31.4 Å². The molecule has 1 fully saturated rings. The number of anilines is 1. The van der Waals surface area contributed by atoms with Crippen LogP contribution in [0.15, 0.2) is 65.6 Å². The first kappa shape index (κ1) is 16.9. The van der Waals surface area contributed by atoms with Crippen LogP contribution in [0.2, 0.25) is 0 Å². The van der Waals surface area contributed by atoms with Gasteiger partial charge in [0.15, 0.2) is 0 Å². The van der Waals surface area contributed by atoms with Crippen LogP contribution in [0.4, 0.5) is 5.69 Å². The molecule has 0 spiro atoms. The zero-order valence-electron chi connectivity index (χ0n) is 15.5. The molecule has 6 heteroatoms. The SMILES string of the molecule is O=c1[nH]c2cc(CN3CCN(c4ccc(O)cc4)CC3)cn2c2ccccc12. The van der Waals surface area contributed by atoms with E-state index in [0.29, 0.717) is 11.1 Å². The van der Waals surface area contributed by atoms with Crippen molar-refractivity contribution in [3.8, 4) is 5.75 Å². The number of nitrogens with zero attached hydrogens (tertiary/aromatic N) is 3. The van der Waals surface area contributed by atoms with Gasteiger partial charge in [-0.15, -0.1) is 0 Å². The molecule has 1 aliphatic rings. The average molecular weight is 374 g/mol. The van der Waals surface area contributed by atoms with Crippen LogP contribution in [-0.2, 0) is 6.54 Å². The Labute approximate surface area is 162 Å². The van der Waals surface area contributed by atoms with Gasteiger partial charge in [0.2, 0.25) is 0 Å². The van der Waals surface area contributed by atoms with Gasteiger partial charge < -0.3 is 19.4 Å². The number of para-hydroxylation sites is 1. The van der Waals surface area contributed by atoms with Gasteiger partial charge in [0.25, 0.3) is 5.56 Å². The van der Waals surface area contributed by atoms with Crippen molar-refractivity contribution in [2.75, 3.05) is 31.1 Å². The van der Waals surface area contributed by atoms with Crippen LogP contribution in [0, 0.1) is 0 Å². The molecule has 0 bridgehead atoms. The molecule has 2 N–H and O–H groups in total. The lowest BCUT2D eigenvalue weighted by molar-refractivity contribution is 0.250. The lowest BCUT2D eigenvalue weighted by Crippen LogP contribution is -2.45. The quantitative estimate of drug-likeness (QED) is 0.579. The van der Waals surface area contributed by atoms with Gasteiger partial charge in [0, 0.05) is 44.6 Å². The van der Waals surface area contributed by atoms with E-state index >= 15 is 0 Å². The van der Waals surface area contributed by atoms with Crippen LogP contribution in [0.25, 0.3) is 16.6 Å². The van der Waals surface area contributed by atoms with Crippen LogP contribution >= 0.6 is 0 Å². The number of H-pyrrole nitrogens is 1. The van der Waals surface area contributed by atoms with Gasteiger partial charge >= 0.3 is 0 Å². The molecule has 28 heavy (non-hydrogen) atoms. The molecule has 2 aromatic carbocycles. The molecule has 3 heterocycles. The van der Waals surface area contributed by atoms with E-state index in [0.717, 1.165) is 49.6 Å². The van der Waals surface area contributed by atoms with Crippen LogP contribution in [0.5, 0.6) is 5.75 Å². The maximum Gasteiger partial charge on any atom is 0.258 e. The maximum atomic E-state index is 12.3. The summed E-state index contributed by atoms with van der Waals surface area (Å²) < 4.78 is 2.07. The number of benzene rings is 2. The first-order valence-electron chi connectivity index (χ1n) is 9.56. The molecule has 0 unspecified atom stereocenters. The number of piperazine rings is 1. The van der Waals surface area contributed by atoms with Gasteiger partial charge in [0.05, 0.1) is 10.9 Å². The maximum absolute atomic E-state index is 12.3. The number of hydrogen-bond donors (Lipinski definition) is 2. The number of aromatic hydroxyl groups is 1. The van der Waals surface area contributed by atoms with E-state index in [9.17, 15) is 9.90 Å². The molecule has 0 amide bonds. The van der Waals surface area contributed by atoms with Crippen molar-refractivity contribution >= 4 is 22.2 Å². The van der Waals surface area contributed by atoms with Crippen molar-refractivity contribution in [1.82, 2.24) is 14.3 Å². The zero-order valence-corrected chi connectivity index (χ0v) is 15.5. The van der Waals surface area contributed by atoms with Crippen LogP contribution in [0.3, 0.4) is 0 Å². The lowest BCUT2D eigenvalue weighted by Gasteiger charge is -2.36. The molecule has 1 aliphatic heterocycles. The summed E-state index contributed by atoms with van der Waals surface area (Å²) in [5, 5.41) is 10.2. The van der Waals surface area contributed by atoms with Crippen LogP contribution < -0.4 is 10.5 Å². The monoisotopic (exact) mass is 374 g/mol. The third-order valence-corrected chi connectivity index (χ3v) is 5.52. The van der Waals surface area contributed by atoms with Gasteiger partial charge in [-0.2, -0.15) is 0 Å². The second-order valence-corrected chi connectivity index (χ2v) is 7.35. The standard InChI is InChI=1S/C22H22N4O2/c27-18-7-5-17(6-8-18)25-11-9-24(10-12-25)14-16-13-21-23-22(28)19-3-1-2-4-20(19)26(21)15-16/h1-8,13,15,27H,9-12,14H2,(H,23,28). The Kier molecular flexibility index (Phi) is 4.06. The van der Waals surface area contributed by atoms with Gasteiger partial charge in [-0.25, -0.2) is 0 Å². The van der Waals surface area contributed by atoms with Crippen molar-refractivity contribution in [3.05, 3.63) is 76.7 Å². The third kappa shape index (κ3) is 3.01. The Morgan fingerprint density at radius 1 is 0.964 bits per heavy atom. The van der Waals surface area contributed by atoms with Gasteiger partial charge in [-0.1, -0.05) is 12.1 Å². The highest BCUT2D eigenvalue weighted by Crippen LogP contribution is 2.21. The average Bonchev–Trinajstić information content (AvgIpc) is 3.12. The minimum absolute atomic E-state index is 0.0461. The Morgan fingerprint density at radius 3 is 2.50 bits per heavy atom. The van der Waals surface area contributed by atoms with E-state index in [1.807, 2.05) is 36.4 Å². The molecule has 0 aliphatic carbocycles. The molecule has 2 aromatic heterocycles. The summed E-state index contributed by atoms with van der Waals surface area (Å²) in [6.07, 6.45) is 2.12. The topological polar surface area (TPSA) is 64.0 Å². The molecule has 6 nitrogen and oxygen atoms in total. The largest absolute Gasteiger partial charge is 0.508 e. The molecular formula is C22H22N4O2. The van der Waals surface area contributed by atoms with Gasteiger partial charge in [-0.3, -0.25) is 9.69 Å². The summed E-state index contributed by atoms with van der Waals surface area (Å²) in [4.78, 5) is 20.0. The molecule has 0 atom stereocenters. The fraction of sp³-hybridized carbons (Fsp3) is 0.227. The number of nitrogens with one attached hydrogen (secondary N) is 1. The Bertz CT molecular complexity index is 1180. The summed E-state index contributed by atoms with van der Waals surface area (Å²) in [5.41, 5.74) is 4.07. The molecular weight excluding hydrogens is 352 g/mol. The van der Waals surface area contributed by atoms with E-state index in [1.54, 1.807) is 12.1 Å². The highest BCUT2D eigenvalue weighted by atomic mass is 16.3. The molecule has 0 radical (unpaired) electrons. The fourth-order valence-corrected chi connectivity index (χ4v) is 4.05. The minimum atomic E-state index is -0.0461. The molecule has 142 valence electrons. The normalized spacial score (nSPS) is 15.5. The third-order valence-electron chi connectivity index (χ3n) is 5.52. The number of phenols is 1. The number of hydrogen-bond acceptors (Lipinski definition) is 4. The van der Waals surface area contributed by atoms with Gasteiger partial charge in [-0.05, 0) is 48.0 Å². The van der Waals surface area contributed by atoms with E-state index in [1.165, 1.54) is 5.56 Å². The number of fused-ring (bicyclic) bond motifs is 3. The van der Waals surface area contributed by atoms with Crippen LogP contribution in [0.1, 0.15) is 5.56 Å². The second-order valence-electron chi connectivity index (χ2n) is 7.35. The molecule has 1 saturated heterocycles.